The van der Waals surface area contributed by atoms with Crippen LogP contribution in [-0.4, -0.2) is 66.9 Å². The maximum absolute atomic E-state index is 12.4. The molecule has 0 spiro atoms. The smallest absolute Gasteiger partial charge is 0.409 e. The Bertz CT molecular complexity index is 847. The lowest BCUT2D eigenvalue weighted by Gasteiger charge is -2.33. The van der Waals surface area contributed by atoms with Crippen LogP contribution in [0.1, 0.15) is 29.3 Å². The number of hydrogen-bond acceptors (Lipinski definition) is 6. The van der Waals surface area contributed by atoms with Crippen LogP contribution >= 0.6 is 11.8 Å². The Morgan fingerprint density at radius 2 is 1.65 bits per heavy atom. The Labute approximate surface area is 188 Å². The van der Waals surface area contributed by atoms with E-state index in [4.69, 9.17) is 9.47 Å². The van der Waals surface area contributed by atoms with Crippen LogP contribution < -0.4 is 4.74 Å². The lowest BCUT2D eigenvalue weighted by molar-refractivity contribution is 0.0781. The zero-order valence-electron chi connectivity index (χ0n) is 18.2. The van der Waals surface area contributed by atoms with Gasteiger partial charge < -0.3 is 14.4 Å². The molecule has 0 aromatic heterocycles. The van der Waals surface area contributed by atoms with Crippen molar-refractivity contribution in [1.82, 2.24) is 9.80 Å². The molecule has 1 aliphatic heterocycles. The number of piperazine rings is 1. The SMILES string of the molecule is CCOC(=O)N1CCN(CCCOc2ccc(C(=O)Sc3ccc(C)cc3)cc2)CC1. The highest BCUT2D eigenvalue weighted by atomic mass is 32.2. The second-order valence-electron chi connectivity index (χ2n) is 7.46. The van der Waals surface area contributed by atoms with Crippen molar-refractivity contribution in [1.29, 1.82) is 0 Å². The van der Waals surface area contributed by atoms with Crippen LogP contribution in [0.4, 0.5) is 4.79 Å². The fourth-order valence-corrected chi connectivity index (χ4v) is 4.05. The van der Waals surface area contributed by atoms with Crippen molar-refractivity contribution < 1.29 is 19.1 Å². The van der Waals surface area contributed by atoms with E-state index < -0.39 is 0 Å². The number of benzene rings is 2. The summed E-state index contributed by atoms with van der Waals surface area (Å²) in [5.41, 5.74) is 1.84. The average Bonchev–Trinajstić information content (AvgIpc) is 2.79. The average molecular weight is 443 g/mol. The molecule has 3 rings (SSSR count). The van der Waals surface area contributed by atoms with Gasteiger partial charge in [-0.25, -0.2) is 4.79 Å². The van der Waals surface area contributed by atoms with Crippen LogP contribution in [0.5, 0.6) is 5.75 Å². The molecule has 0 bridgehead atoms. The van der Waals surface area contributed by atoms with E-state index in [-0.39, 0.29) is 11.2 Å². The summed E-state index contributed by atoms with van der Waals surface area (Å²) in [6, 6.07) is 15.3. The van der Waals surface area contributed by atoms with Gasteiger partial charge in [0.15, 0.2) is 0 Å². The van der Waals surface area contributed by atoms with Gasteiger partial charge in [-0.15, -0.1) is 0 Å². The second-order valence-corrected chi connectivity index (χ2v) is 8.50. The first kappa shape index (κ1) is 23.2. The number of ether oxygens (including phenoxy) is 2. The molecule has 0 saturated carbocycles. The summed E-state index contributed by atoms with van der Waals surface area (Å²) < 4.78 is 10.9. The Hall–Kier alpha value is -2.51. The summed E-state index contributed by atoms with van der Waals surface area (Å²) in [5.74, 6) is 0.768. The minimum atomic E-state index is -0.218. The van der Waals surface area contributed by atoms with Crippen LogP contribution in [0.25, 0.3) is 0 Å². The third-order valence-corrected chi connectivity index (χ3v) is 6.04. The molecule has 31 heavy (non-hydrogen) atoms. The van der Waals surface area contributed by atoms with Crippen molar-refractivity contribution in [2.24, 2.45) is 0 Å². The van der Waals surface area contributed by atoms with Gasteiger partial charge in [0.2, 0.25) is 5.12 Å². The first-order valence-electron chi connectivity index (χ1n) is 10.7. The van der Waals surface area contributed by atoms with E-state index in [1.54, 1.807) is 4.90 Å². The second kappa shape index (κ2) is 11.8. The van der Waals surface area contributed by atoms with Gasteiger partial charge in [0, 0.05) is 43.2 Å². The third kappa shape index (κ3) is 7.29. The summed E-state index contributed by atoms with van der Waals surface area (Å²) in [6.45, 7) is 8.93. The minimum Gasteiger partial charge on any atom is -0.494 e. The fourth-order valence-electron chi connectivity index (χ4n) is 3.31. The van der Waals surface area contributed by atoms with E-state index in [0.29, 0.717) is 31.9 Å². The van der Waals surface area contributed by atoms with Gasteiger partial charge in [-0.1, -0.05) is 17.7 Å². The number of nitrogens with zero attached hydrogens (tertiary/aromatic N) is 2. The first-order chi connectivity index (χ1) is 15.0. The Balaban J connectivity index is 1.35. The van der Waals surface area contributed by atoms with Gasteiger partial charge in [-0.3, -0.25) is 9.69 Å². The number of rotatable bonds is 8. The molecular formula is C24H30N2O4S. The van der Waals surface area contributed by atoms with E-state index in [1.165, 1.54) is 17.3 Å². The van der Waals surface area contributed by atoms with Gasteiger partial charge in [0.05, 0.1) is 13.2 Å². The summed E-state index contributed by atoms with van der Waals surface area (Å²) in [4.78, 5) is 29.2. The molecule has 1 amide bonds. The van der Waals surface area contributed by atoms with Crippen molar-refractivity contribution in [2.75, 3.05) is 45.9 Å². The van der Waals surface area contributed by atoms with E-state index in [1.807, 2.05) is 62.4 Å². The van der Waals surface area contributed by atoms with Crippen molar-refractivity contribution >= 4 is 23.0 Å². The molecule has 0 radical (unpaired) electrons. The molecule has 0 aliphatic carbocycles. The van der Waals surface area contributed by atoms with Crippen LogP contribution in [-0.2, 0) is 4.74 Å². The number of amides is 1. The maximum atomic E-state index is 12.4. The third-order valence-electron chi connectivity index (χ3n) is 5.11. The molecule has 1 saturated heterocycles. The largest absolute Gasteiger partial charge is 0.494 e. The van der Waals surface area contributed by atoms with Gasteiger partial charge in [0.25, 0.3) is 0 Å². The minimum absolute atomic E-state index is 0.0253. The first-order valence-corrected chi connectivity index (χ1v) is 11.5. The van der Waals surface area contributed by atoms with Gasteiger partial charge in [0.1, 0.15) is 5.75 Å². The normalized spacial score (nSPS) is 14.3. The lowest BCUT2D eigenvalue weighted by atomic mass is 10.2. The molecule has 1 aliphatic rings. The van der Waals surface area contributed by atoms with E-state index in [9.17, 15) is 9.59 Å². The molecule has 0 atom stereocenters. The standard InChI is InChI=1S/C24H30N2O4S/c1-3-29-24(28)26-16-14-25(15-17-26)13-4-18-30-21-9-7-20(8-10-21)23(27)31-22-11-5-19(2)6-12-22/h5-12H,3-4,13-18H2,1-2H3. The molecule has 0 unspecified atom stereocenters. The van der Waals surface area contributed by atoms with Crippen LogP contribution in [0.15, 0.2) is 53.4 Å². The zero-order chi connectivity index (χ0) is 22.1. The van der Waals surface area contributed by atoms with Crippen LogP contribution in [0.3, 0.4) is 0 Å². The Morgan fingerprint density at radius 3 is 2.29 bits per heavy atom. The zero-order valence-corrected chi connectivity index (χ0v) is 19.0. The van der Waals surface area contributed by atoms with Crippen LogP contribution in [0, 0.1) is 6.92 Å². The summed E-state index contributed by atoms with van der Waals surface area (Å²) in [7, 11) is 0. The highest BCUT2D eigenvalue weighted by molar-refractivity contribution is 8.14. The fraction of sp³-hybridized carbons (Fsp3) is 0.417. The predicted molar refractivity (Wildman–Crippen MR) is 123 cm³/mol. The number of carbonyl (C=O) groups excluding carboxylic acids is 2. The van der Waals surface area contributed by atoms with E-state index in [2.05, 4.69) is 4.90 Å². The molecule has 166 valence electrons. The molecule has 1 heterocycles. The van der Waals surface area contributed by atoms with Crippen LogP contribution in [0.2, 0.25) is 0 Å². The molecule has 2 aromatic carbocycles. The number of thioether (sulfide) groups is 1. The summed E-state index contributed by atoms with van der Waals surface area (Å²) >= 11 is 1.24. The topological polar surface area (TPSA) is 59.1 Å². The highest BCUT2D eigenvalue weighted by Gasteiger charge is 2.21. The van der Waals surface area contributed by atoms with Crippen molar-refractivity contribution in [2.45, 2.75) is 25.2 Å². The van der Waals surface area contributed by atoms with Crippen molar-refractivity contribution in [3.63, 3.8) is 0 Å². The summed E-state index contributed by atoms with van der Waals surface area (Å²) in [6.07, 6.45) is 0.688. The number of carbonyl (C=O) groups is 2. The van der Waals surface area contributed by atoms with Gasteiger partial charge in [-0.05, 0) is 68.4 Å². The molecule has 1 fully saturated rings. The predicted octanol–water partition coefficient (Wildman–Crippen LogP) is 4.47. The molecular weight excluding hydrogens is 412 g/mol. The quantitative estimate of drug-likeness (QED) is 0.444. The Kier molecular flexibility index (Phi) is 8.79. The number of hydrogen-bond donors (Lipinski definition) is 0. The van der Waals surface area contributed by atoms with Crippen molar-refractivity contribution in [3.05, 3.63) is 59.7 Å². The number of aryl methyl sites for hydroxylation is 1. The molecule has 7 heteroatoms. The molecule has 6 nitrogen and oxygen atoms in total. The molecule has 2 aromatic rings. The van der Waals surface area contributed by atoms with E-state index >= 15 is 0 Å². The monoisotopic (exact) mass is 442 g/mol. The highest BCUT2D eigenvalue weighted by Crippen LogP contribution is 2.24. The Morgan fingerprint density at radius 1 is 0.968 bits per heavy atom. The lowest BCUT2D eigenvalue weighted by Crippen LogP contribution is -2.49. The van der Waals surface area contributed by atoms with Gasteiger partial charge >= 0.3 is 6.09 Å². The van der Waals surface area contributed by atoms with Crippen molar-refractivity contribution in [3.8, 4) is 5.75 Å². The maximum Gasteiger partial charge on any atom is 0.409 e. The van der Waals surface area contributed by atoms with E-state index in [0.717, 1.165) is 36.7 Å². The molecule has 0 N–H and O–H groups in total. The summed E-state index contributed by atoms with van der Waals surface area (Å²) in [5, 5.41) is 0.0253. The van der Waals surface area contributed by atoms with Gasteiger partial charge in [-0.2, -0.15) is 0 Å².